The number of carbonyl (C=O) groups is 3. The Hall–Kier alpha value is -3.27. The van der Waals surface area contributed by atoms with E-state index in [2.05, 4.69) is 0 Å². The molecular weight excluding hydrogens is 386 g/mol. The van der Waals surface area contributed by atoms with Crippen LogP contribution in [-0.4, -0.2) is 28.4 Å². The molecule has 1 aliphatic carbocycles. The van der Waals surface area contributed by atoms with Gasteiger partial charge in [-0.3, -0.25) is 14.4 Å². The lowest BCUT2D eigenvalue weighted by Crippen LogP contribution is -2.39. The molecule has 1 amide bonds. The number of fused-ring (bicyclic) bond motifs is 1. The zero-order valence-electron chi connectivity index (χ0n) is 18.1. The van der Waals surface area contributed by atoms with Gasteiger partial charge in [0.2, 0.25) is 0 Å². The van der Waals surface area contributed by atoms with Crippen LogP contribution in [0.2, 0.25) is 0 Å². The van der Waals surface area contributed by atoms with Crippen LogP contribution < -0.4 is 0 Å². The first-order chi connectivity index (χ1) is 15.0. The van der Waals surface area contributed by atoms with Crippen molar-refractivity contribution in [1.82, 2.24) is 4.90 Å². The second kappa shape index (κ2) is 8.84. The second-order valence-electron chi connectivity index (χ2n) is 8.32. The molecule has 0 N–H and O–H groups in total. The summed E-state index contributed by atoms with van der Waals surface area (Å²) >= 11 is 0. The van der Waals surface area contributed by atoms with Gasteiger partial charge in [-0.25, -0.2) is 0 Å². The minimum absolute atomic E-state index is 0.0372. The van der Waals surface area contributed by atoms with Crippen LogP contribution in [0.15, 0.2) is 71.9 Å². The topological polar surface area (TPSA) is 54.5 Å². The number of benzene rings is 2. The molecule has 4 heteroatoms. The van der Waals surface area contributed by atoms with Crippen LogP contribution in [0.25, 0.3) is 5.57 Å². The molecule has 0 bridgehead atoms. The van der Waals surface area contributed by atoms with Crippen LogP contribution in [0.1, 0.15) is 67.4 Å². The van der Waals surface area contributed by atoms with Crippen molar-refractivity contribution in [3.05, 3.63) is 88.6 Å². The molecule has 1 aliphatic heterocycles. The number of allylic oxidation sites excluding steroid dienone is 2. The highest BCUT2D eigenvalue weighted by Gasteiger charge is 2.33. The number of amides is 1. The van der Waals surface area contributed by atoms with E-state index in [4.69, 9.17) is 0 Å². The Balaban J connectivity index is 2.07. The van der Waals surface area contributed by atoms with Crippen molar-refractivity contribution in [3.63, 3.8) is 0 Å². The fourth-order valence-corrected chi connectivity index (χ4v) is 4.73. The molecule has 4 rings (SSSR count). The van der Waals surface area contributed by atoms with Crippen molar-refractivity contribution in [2.75, 3.05) is 0 Å². The van der Waals surface area contributed by atoms with Crippen molar-refractivity contribution >= 4 is 23.0 Å². The van der Waals surface area contributed by atoms with Crippen LogP contribution in [-0.2, 0) is 9.59 Å². The van der Waals surface area contributed by atoms with Crippen molar-refractivity contribution in [2.45, 2.75) is 52.0 Å². The van der Waals surface area contributed by atoms with Crippen molar-refractivity contribution in [3.8, 4) is 0 Å². The molecule has 2 aromatic rings. The van der Waals surface area contributed by atoms with Crippen LogP contribution in [0.5, 0.6) is 0 Å². The van der Waals surface area contributed by atoms with Gasteiger partial charge in [0.1, 0.15) is 0 Å². The van der Waals surface area contributed by atoms with Crippen LogP contribution in [0, 0.1) is 0 Å². The summed E-state index contributed by atoms with van der Waals surface area (Å²) in [6.45, 7) is 2.96. The lowest BCUT2D eigenvalue weighted by molar-refractivity contribution is -0.116. The van der Waals surface area contributed by atoms with Gasteiger partial charge in [0, 0.05) is 34.5 Å². The van der Waals surface area contributed by atoms with Gasteiger partial charge in [0.15, 0.2) is 11.6 Å². The SMILES string of the molecule is CC(=O)C1=C/N(C2CCCCC2)C(=O)c2ccccc2/C(c2ccccc2)=C\1C(C)=O. The van der Waals surface area contributed by atoms with Gasteiger partial charge in [0.05, 0.1) is 0 Å². The van der Waals surface area contributed by atoms with E-state index in [9.17, 15) is 14.4 Å². The summed E-state index contributed by atoms with van der Waals surface area (Å²) in [5.41, 5.74) is 3.38. The molecule has 1 heterocycles. The van der Waals surface area contributed by atoms with E-state index >= 15 is 0 Å². The van der Waals surface area contributed by atoms with Gasteiger partial charge in [-0.05, 0) is 43.9 Å². The smallest absolute Gasteiger partial charge is 0.258 e. The predicted molar refractivity (Wildman–Crippen MR) is 121 cm³/mol. The third-order valence-corrected chi connectivity index (χ3v) is 6.21. The lowest BCUT2D eigenvalue weighted by Gasteiger charge is -2.34. The Morgan fingerprint density at radius 2 is 1.42 bits per heavy atom. The monoisotopic (exact) mass is 413 g/mol. The number of rotatable bonds is 4. The predicted octanol–water partition coefficient (Wildman–Crippen LogP) is 5.34. The Morgan fingerprint density at radius 1 is 0.806 bits per heavy atom. The van der Waals surface area contributed by atoms with Crippen LogP contribution in [0.3, 0.4) is 0 Å². The normalized spacial score (nSPS) is 21.5. The summed E-state index contributed by atoms with van der Waals surface area (Å²) in [5, 5.41) is 0. The molecule has 1 fully saturated rings. The molecule has 31 heavy (non-hydrogen) atoms. The average Bonchev–Trinajstić information content (AvgIpc) is 2.78. The molecule has 0 unspecified atom stereocenters. The fourth-order valence-electron chi connectivity index (χ4n) is 4.73. The van der Waals surface area contributed by atoms with Gasteiger partial charge in [-0.1, -0.05) is 67.8 Å². The Kier molecular flexibility index (Phi) is 5.99. The number of carbonyl (C=O) groups excluding carboxylic acids is 3. The molecule has 4 nitrogen and oxygen atoms in total. The largest absolute Gasteiger partial charge is 0.311 e. The molecular formula is C27H27NO3. The van der Waals surface area contributed by atoms with Crippen molar-refractivity contribution < 1.29 is 14.4 Å². The molecule has 0 radical (unpaired) electrons. The molecule has 0 spiro atoms. The van der Waals surface area contributed by atoms with Crippen LogP contribution >= 0.6 is 0 Å². The summed E-state index contributed by atoms with van der Waals surface area (Å²) in [6.07, 6.45) is 6.74. The molecule has 2 aliphatic rings. The van der Waals surface area contributed by atoms with Gasteiger partial charge in [0.25, 0.3) is 5.91 Å². The molecule has 1 saturated carbocycles. The second-order valence-corrected chi connectivity index (χ2v) is 8.32. The minimum Gasteiger partial charge on any atom is -0.311 e. The Morgan fingerprint density at radius 3 is 2.03 bits per heavy atom. The maximum atomic E-state index is 13.8. The third-order valence-electron chi connectivity index (χ3n) is 6.21. The van der Waals surface area contributed by atoms with Crippen molar-refractivity contribution in [2.24, 2.45) is 0 Å². The number of ketones is 2. The minimum atomic E-state index is -0.216. The summed E-state index contributed by atoms with van der Waals surface area (Å²) in [5.74, 6) is -0.517. The molecule has 0 atom stereocenters. The molecule has 158 valence electrons. The lowest BCUT2D eigenvalue weighted by atomic mass is 9.83. The van der Waals surface area contributed by atoms with E-state index in [-0.39, 0.29) is 23.5 Å². The highest BCUT2D eigenvalue weighted by Crippen LogP contribution is 2.37. The maximum absolute atomic E-state index is 13.8. The first kappa shape index (κ1) is 21.0. The van der Waals surface area contributed by atoms with E-state index in [1.807, 2.05) is 54.6 Å². The van der Waals surface area contributed by atoms with E-state index in [1.54, 1.807) is 11.1 Å². The number of hydrogen-bond donors (Lipinski definition) is 0. The molecule has 2 aromatic carbocycles. The summed E-state index contributed by atoms with van der Waals surface area (Å²) in [4.78, 5) is 41.3. The Bertz CT molecular complexity index is 1090. The van der Waals surface area contributed by atoms with Gasteiger partial charge < -0.3 is 4.90 Å². The molecule has 0 aromatic heterocycles. The van der Waals surface area contributed by atoms with Gasteiger partial charge in [-0.15, -0.1) is 0 Å². The Labute approximate surface area is 183 Å². The highest BCUT2D eigenvalue weighted by atomic mass is 16.2. The maximum Gasteiger partial charge on any atom is 0.258 e. The van der Waals surface area contributed by atoms with Gasteiger partial charge in [-0.2, -0.15) is 0 Å². The molecule has 0 saturated heterocycles. The van der Waals surface area contributed by atoms with Gasteiger partial charge >= 0.3 is 0 Å². The number of Topliss-reactive ketones (excluding diaryl/α,β-unsaturated/α-hetero) is 2. The summed E-state index contributed by atoms with van der Waals surface area (Å²) in [7, 11) is 0. The summed E-state index contributed by atoms with van der Waals surface area (Å²) < 4.78 is 0. The van der Waals surface area contributed by atoms with E-state index < -0.39 is 0 Å². The average molecular weight is 414 g/mol. The first-order valence-electron chi connectivity index (χ1n) is 10.9. The zero-order chi connectivity index (χ0) is 22.0. The number of hydrogen-bond acceptors (Lipinski definition) is 3. The highest BCUT2D eigenvalue weighted by molar-refractivity contribution is 6.19. The quantitative estimate of drug-likeness (QED) is 0.680. The first-order valence-corrected chi connectivity index (χ1v) is 10.9. The summed E-state index contributed by atoms with van der Waals surface area (Å²) in [6, 6.07) is 17.0. The standard InChI is InChI=1S/C27H27NO3/c1-18(29)24-17-28(21-13-7-4-8-14-21)27(31)23-16-10-9-15-22(23)26(25(24)19(2)30)20-11-5-3-6-12-20/h3,5-6,9-12,15-17,21H,4,7-8,13-14H2,1-2H3/b24-17-,26-25-. The fraction of sp³-hybridized carbons (Fsp3) is 0.296. The van der Waals surface area contributed by atoms with Crippen molar-refractivity contribution in [1.29, 1.82) is 0 Å². The third kappa shape index (κ3) is 4.02. The van der Waals surface area contributed by atoms with Crippen LogP contribution in [0.4, 0.5) is 0 Å². The van der Waals surface area contributed by atoms with E-state index in [0.29, 0.717) is 27.8 Å². The zero-order valence-corrected chi connectivity index (χ0v) is 18.1. The van der Waals surface area contributed by atoms with E-state index in [1.165, 1.54) is 13.8 Å². The van der Waals surface area contributed by atoms with E-state index in [0.717, 1.165) is 37.7 Å². The number of nitrogens with zero attached hydrogens (tertiary/aromatic N) is 1.